The van der Waals surface area contributed by atoms with E-state index in [9.17, 15) is 4.79 Å². The first-order chi connectivity index (χ1) is 12.4. The van der Waals surface area contributed by atoms with E-state index in [1.807, 2.05) is 0 Å². The van der Waals surface area contributed by atoms with Gasteiger partial charge in [0.15, 0.2) is 0 Å². The lowest BCUT2D eigenvalue weighted by Crippen LogP contribution is -2.43. The SMILES string of the molecule is CC(C)(C)c1cnc(CNC(=O)NC2CCC(c3ccccc3)CC2)o1. The van der Waals surface area contributed by atoms with Gasteiger partial charge < -0.3 is 15.1 Å². The van der Waals surface area contributed by atoms with Gasteiger partial charge in [-0.15, -0.1) is 0 Å². The summed E-state index contributed by atoms with van der Waals surface area (Å²) in [5.41, 5.74) is 1.33. The molecular formula is C21H29N3O2. The summed E-state index contributed by atoms with van der Waals surface area (Å²) in [7, 11) is 0. The van der Waals surface area contributed by atoms with E-state index in [0.717, 1.165) is 31.4 Å². The molecule has 26 heavy (non-hydrogen) atoms. The Morgan fingerprint density at radius 2 is 1.85 bits per heavy atom. The Bertz CT molecular complexity index is 710. The monoisotopic (exact) mass is 355 g/mol. The molecule has 3 rings (SSSR count). The Morgan fingerprint density at radius 3 is 2.46 bits per heavy atom. The lowest BCUT2D eigenvalue weighted by molar-refractivity contribution is 0.229. The van der Waals surface area contributed by atoms with Crippen molar-refractivity contribution in [2.75, 3.05) is 0 Å². The van der Waals surface area contributed by atoms with Crippen molar-refractivity contribution in [3.8, 4) is 0 Å². The smallest absolute Gasteiger partial charge is 0.315 e. The van der Waals surface area contributed by atoms with Gasteiger partial charge >= 0.3 is 6.03 Å². The molecule has 1 fully saturated rings. The van der Waals surface area contributed by atoms with Gasteiger partial charge in [0.25, 0.3) is 0 Å². The zero-order chi connectivity index (χ0) is 18.6. The van der Waals surface area contributed by atoms with E-state index in [4.69, 9.17) is 4.42 Å². The molecule has 0 spiro atoms. The molecule has 5 nitrogen and oxygen atoms in total. The summed E-state index contributed by atoms with van der Waals surface area (Å²) >= 11 is 0. The number of carbonyl (C=O) groups is 1. The van der Waals surface area contributed by atoms with Crippen LogP contribution in [0.2, 0.25) is 0 Å². The lowest BCUT2D eigenvalue weighted by atomic mass is 9.82. The minimum Gasteiger partial charge on any atom is -0.443 e. The number of nitrogens with zero attached hydrogens (tertiary/aromatic N) is 1. The van der Waals surface area contributed by atoms with Crippen LogP contribution in [0, 0.1) is 0 Å². The van der Waals surface area contributed by atoms with Gasteiger partial charge in [0.2, 0.25) is 5.89 Å². The third-order valence-electron chi connectivity index (χ3n) is 5.03. The summed E-state index contributed by atoms with van der Waals surface area (Å²) in [6, 6.07) is 10.7. The molecule has 0 atom stereocenters. The number of amides is 2. The third-order valence-corrected chi connectivity index (χ3v) is 5.03. The maximum absolute atomic E-state index is 12.1. The first kappa shape index (κ1) is 18.5. The summed E-state index contributed by atoms with van der Waals surface area (Å²) in [4.78, 5) is 16.4. The molecule has 0 aliphatic heterocycles. The van der Waals surface area contributed by atoms with E-state index >= 15 is 0 Å². The number of hydrogen-bond donors (Lipinski definition) is 2. The van der Waals surface area contributed by atoms with Gasteiger partial charge in [0.05, 0.1) is 12.7 Å². The molecule has 2 amide bonds. The van der Waals surface area contributed by atoms with Gasteiger partial charge in [-0.25, -0.2) is 9.78 Å². The molecule has 2 aromatic rings. The number of aromatic nitrogens is 1. The predicted octanol–water partition coefficient (Wildman–Crippen LogP) is 4.50. The summed E-state index contributed by atoms with van der Waals surface area (Å²) in [5, 5.41) is 5.93. The highest BCUT2D eigenvalue weighted by atomic mass is 16.4. The van der Waals surface area contributed by atoms with E-state index in [1.165, 1.54) is 5.56 Å². The van der Waals surface area contributed by atoms with E-state index in [2.05, 4.69) is 66.7 Å². The molecule has 5 heteroatoms. The van der Waals surface area contributed by atoms with Gasteiger partial charge in [-0.3, -0.25) is 0 Å². The average Bonchev–Trinajstić information content (AvgIpc) is 3.11. The van der Waals surface area contributed by atoms with Crippen LogP contribution >= 0.6 is 0 Å². The number of oxazole rings is 1. The third kappa shape index (κ3) is 4.87. The van der Waals surface area contributed by atoms with Gasteiger partial charge in [-0.05, 0) is 37.2 Å². The van der Waals surface area contributed by atoms with E-state index in [0.29, 0.717) is 18.4 Å². The standard InChI is InChI=1S/C21H29N3O2/c1-21(2,3)18-13-22-19(26-18)14-23-20(25)24-17-11-9-16(10-12-17)15-7-5-4-6-8-15/h4-8,13,16-17H,9-12,14H2,1-3H3,(H2,23,24,25). The summed E-state index contributed by atoms with van der Waals surface area (Å²) < 4.78 is 5.70. The van der Waals surface area contributed by atoms with Crippen molar-refractivity contribution in [2.24, 2.45) is 0 Å². The number of benzene rings is 1. The first-order valence-corrected chi connectivity index (χ1v) is 9.46. The molecule has 1 aliphatic rings. The quantitative estimate of drug-likeness (QED) is 0.849. The Morgan fingerprint density at radius 1 is 1.15 bits per heavy atom. The van der Waals surface area contributed by atoms with E-state index < -0.39 is 0 Å². The van der Waals surface area contributed by atoms with Crippen LogP contribution in [0.5, 0.6) is 0 Å². The number of nitrogens with one attached hydrogen (secondary N) is 2. The summed E-state index contributed by atoms with van der Waals surface area (Å²) in [6.45, 7) is 6.52. The molecule has 0 unspecified atom stereocenters. The van der Waals surface area contributed by atoms with Gasteiger partial charge in [-0.1, -0.05) is 51.1 Å². The number of carbonyl (C=O) groups excluding carboxylic acids is 1. The van der Waals surface area contributed by atoms with Gasteiger partial charge in [-0.2, -0.15) is 0 Å². The number of hydrogen-bond acceptors (Lipinski definition) is 3. The molecular weight excluding hydrogens is 326 g/mol. The van der Waals surface area contributed by atoms with Crippen molar-refractivity contribution in [1.29, 1.82) is 0 Å². The van der Waals surface area contributed by atoms with Crippen LogP contribution in [0.4, 0.5) is 4.79 Å². The fraction of sp³-hybridized carbons (Fsp3) is 0.524. The van der Waals surface area contributed by atoms with Crippen LogP contribution < -0.4 is 10.6 Å². The first-order valence-electron chi connectivity index (χ1n) is 9.46. The highest BCUT2D eigenvalue weighted by Crippen LogP contribution is 2.32. The largest absolute Gasteiger partial charge is 0.443 e. The minimum absolute atomic E-state index is 0.0785. The van der Waals surface area contributed by atoms with Crippen LogP contribution in [0.25, 0.3) is 0 Å². The van der Waals surface area contributed by atoms with E-state index in [1.54, 1.807) is 6.20 Å². The molecule has 1 saturated carbocycles. The van der Waals surface area contributed by atoms with Crippen LogP contribution in [-0.2, 0) is 12.0 Å². The maximum Gasteiger partial charge on any atom is 0.315 e. The average molecular weight is 355 g/mol. The second-order valence-corrected chi connectivity index (χ2v) is 8.15. The molecule has 1 heterocycles. The van der Waals surface area contributed by atoms with Crippen LogP contribution in [0.3, 0.4) is 0 Å². The van der Waals surface area contributed by atoms with Gasteiger partial charge in [0, 0.05) is 11.5 Å². The Kier molecular flexibility index (Phi) is 5.64. The Hall–Kier alpha value is -2.30. The highest BCUT2D eigenvalue weighted by molar-refractivity contribution is 5.74. The molecule has 1 aromatic heterocycles. The maximum atomic E-state index is 12.1. The molecule has 2 N–H and O–H groups in total. The van der Waals surface area contributed by atoms with Crippen molar-refractivity contribution in [3.63, 3.8) is 0 Å². The molecule has 140 valence electrons. The number of urea groups is 1. The van der Waals surface area contributed by atoms with Gasteiger partial charge in [0.1, 0.15) is 5.76 Å². The molecule has 1 aromatic carbocycles. The predicted molar refractivity (Wildman–Crippen MR) is 102 cm³/mol. The van der Waals surface area contributed by atoms with Crippen molar-refractivity contribution in [1.82, 2.24) is 15.6 Å². The van der Waals surface area contributed by atoms with Crippen molar-refractivity contribution in [2.45, 2.75) is 70.4 Å². The fourth-order valence-electron chi connectivity index (χ4n) is 3.43. The summed E-state index contributed by atoms with van der Waals surface area (Å²) in [6.07, 6.45) is 5.99. The van der Waals surface area contributed by atoms with Crippen LogP contribution in [0.1, 0.15) is 69.6 Å². The Labute approximate surface area is 155 Å². The minimum atomic E-state index is -0.149. The summed E-state index contributed by atoms with van der Waals surface area (Å²) in [5.74, 6) is 1.98. The molecule has 1 aliphatic carbocycles. The van der Waals surface area contributed by atoms with Crippen molar-refractivity contribution < 1.29 is 9.21 Å². The van der Waals surface area contributed by atoms with Crippen LogP contribution in [-0.4, -0.2) is 17.1 Å². The van der Waals surface area contributed by atoms with Crippen molar-refractivity contribution >= 4 is 6.03 Å². The second kappa shape index (κ2) is 7.94. The Balaban J connectivity index is 1.41. The molecule has 0 saturated heterocycles. The van der Waals surface area contributed by atoms with Crippen molar-refractivity contribution in [3.05, 3.63) is 53.7 Å². The second-order valence-electron chi connectivity index (χ2n) is 8.15. The zero-order valence-corrected chi connectivity index (χ0v) is 15.9. The van der Waals surface area contributed by atoms with Crippen LogP contribution in [0.15, 0.2) is 40.9 Å². The number of rotatable bonds is 4. The fourth-order valence-corrected chi connectivity index (χ4v) is 3.43. The van der Waals surface area contributed by atoms with E-state index in [-0.39, 0.29) is 17.5 Å². The highest BCUT2D eigenvalue weighted by Gasteiger charge is 2.23. The lowest BCUT2D eigenvalue weighted by Gasteiger charge is -2.29. The molecule has 0 radical (unpaired) electrons. The topological polar surface area (TPSA) is 67.2 Å². The molecule has 0 bridgehead atoms. The normalized spacial score (nSPS) is 20.6. The zero-order valence-electron chi connectivity index (χ0n) is 15.9.